The van der Waals surface area contributed by atoms with Gasteiger partial charge < -0.3 is 15.0 Å². The van der Waals surface area contributed by atoms with Gasteiger partial charge in [0.05, 0.1) is 26.1 Å². The van der Waals surface area contributed by atoms with Gasteiger partial charge in [0.15, 0.2) is 0 Å². The number of nitriles is 1. The van der Waals surface area contributed by atoms with E-state index in [1.165, 1.54) is 0 Å². The van der Waals surface area contributed by atoms with Crippen molar-refractivity contribution in [2.45, 2.75) is 6.42 Å². The van der Waals surface area contributed by atoms with Crippen LogP contribution in [0.15, 0.2) is 48.5 Å². The van der Waals surface area contributed by atoms with E-state index in [1.54, 1.807) is 7.11 Å². The smallest absolute Gasteiger partial charge is 0.238 e. The summed E-state index contributed by atoms with van der Waals surface area (Å²) in [5.41, 5.74) is 2.86. The van der Waals surface area contributed by atoms with Gasteiger partial charge in [0, 0.05) is 43.6 Å². The molecule has 2 aromatic carbocycles. The van der Waals surface area contributed by atoms with Crippen LogP contribution >= 0.6 is 0 Å². The average molecular weight is 364 g/mol. The molecule has 0 spiro atoms. The number of hydrogen-bond acceptors (Lipinski definition) is 5. The first kappa shape index (κ1) is 18.7. The third-order valence-corrected chi connectivity index (χ3v) is 4.68. The fourth-order valence-corrected chi connectivity index (χ4v) is 3.17. The first-order chi connectivity index (χ1) is 13.2. The molecule has 1 saturated heterocycles. The molecule has 3 rings (SSSR count). The minimum atomic E-state index is -0.0159. The lowest BCUT2D eigenvalue weighted by molar-refractivity contribution is -0.117. The van der Waals surface area contributed by atoms with Crippen LogP contribution in [-0.4, -0.2) is 50.6 Å². The quantitative estimate of drug-likeness (QED) is 0.853. The highest BCUT2D eigenvalue weighted by molar-refractivity contribution is 5.92. The highest BCUT2D eigenvalue weighted by atomic mass is 16.5. The summed E-state index contributed by atoms with van der Waals surface area (Å²) >= 11 is 0. The van der Waals surface area contributed by atoms with Crippen LogP contribution in [0.5, 0.6) is 5.75 Å². The molecule has 6 heteroatoms. The molecule has 0 saturated carbocycles. The highest BCUT2D eigenvalue weighted by Gasteiger charge is 2.19. The van der Waals surface area contributed by atoms with Crippen LogP contribution < -0.4 is 15.0 Å². The fourth-order valence-electron chi connectivity index (χ4n) is 3.17. The summed E-state index contributed by atoms with van der Waals surface area (Å²) in [4.78, 5) is 16.8. The molecule has 1 aliphatic heterocycles. The molecular weight excluding hydrogens is 340 g/mol. The Labute approximate surface area is 160 Å². The molecule has 2 aromatic rings. The van der Waals surface area contributed by atoms with E-state index in [2.05, 4.69) is 27.3 Å². The van der Waals surface area contributed by atoms with Crippen LogP contribution in [0.25, 0.3) is 0 Å². The van der Waals surface area contributed by atoms with Crippen molar-refractivity contribution in [2.24, 2.45) is 0 Å². The number of carbonyl (C=O) groups is 1. The standard InChI is InChI=1S/C21H24N4O2/c1-27-20-4-2-3-19(15-20)25-13-11-24(12-14-25)16-21(26)23-18-7-5-17(6-8-18)9-10-22/h2-8,15H,9,11-14,16H2,1H3,(H,23,26). The normalized spacial score (nSPS) is 14.4. The first-order valence-corrected chi connectivity index (χ1v) is 9.05. The second kappa shape index (κ2) is 9.06. The monoisotopic (exact) mass is 364 g/mol. The van der Waals surface area contributed by atoms with Crippen molar-refractivity contribution in [2.75, 3.05) is 50.1 Å². The topological polar surface area (TPSA) is 68.6 Å². The molecule has 1 aliphatic rings. The summed E-state index contributed by atoms with van der Waals surface area (Å²) < 4.78 is 5.29. The van der Waals surface area contributed by atoms with Crippen LogP contribution in [0.2, 0.25) is 0 Å². The maximum absolute atomic E-state index is 12.3. The lowest BCUT2D eigenvalue weighted by Gasteiger charge is -2.35. The van der Waals surface area contributed by atoms with Crippen LogP contribution in [0.3, 0.4) is 0 Å². The van der Waals surface area contributed by atoms with Gasteiger partial charge in [0.1, 0.15) is 5.75 Å². The maximum atomic E-state index is 12.3. The van der Waals surface area contributed by atoms with Gasteiger partial charge in [0.25, 0.3) is 0 Å². The van der Waals surface area contributed by atoms with Crippen molar-refractivity contribution < 1.29 is 9.53 Å². The summed E-state index contributed by atoms with van der Waals surface area (Å²) in [5.74, 6) is 0.841. The van der Waals surface area contributed by atoms with E-state index in [9.17, 15) is 4.79 Å². The number of nitrogens with zero attached hydrogens (tertiary/aromatic N) is 3. The second-order valence-corrected chi connectivity index (χ2v) is 6.54. The van der Waals surface area contributed by atoms with Crippen LogP contribution in [0, 0.1) is 11.3 Å². The number of piperazine rings is 1. The Morgan fingerprint density at radius 2 is 1.89 bits per heavy atom. The third kappa shape index (κ3) is 5.22. The molecule has 6 nitrogen and oxygen atoms in total. The molecule has 140 valence electrons. The zero-order chi connectivity index (χ0) is 19.1. The Morgan fingerprint density at radius 1 is 1.15 bits per heavy atom. The molecule has 1 amide bonds. The SMILES string of the molecule is COc1cccc(N2CCN(CC(=O)Nc3ccc(CC#N)cc3)CC2)c1. The van der Waals surface area contributed by atoms with E-state index in [-0.39, 0.29) is 5.91 Å². The number of nitrogens with one attached hydrogen (secondary N) is 1. The zero-order valence-electron chi connectivity index (χ0n) is 15.5. The number of anilines is 2. The Morgan fingerprint density at radius 3 is 2.56 bits per heavy atom. The van der Waals surface area contributed by atoms with Crippen molar-refractivity contribution in [3.05, 3.63) is 54.1 Å². The largest absolute Gasteiger partial charge is 0.497 e. The van der Waals surface area contributed by atoms with Crippen molar-refractivity contribution in [1.29, 1.82) is 5.26 Å². The fraction of sp³-hybridized carbons (Fsp3) is 0.333. The molecule has 0 unspecified atom stereocenters. The molecule has 0 bridgehead atoms. The van der Waals surface area contributed by atoms with Crippen LogP contribution in [0.4, 0.5) is 11.4 Å². The van der Waals surface area contributed by atoms with Gasteiger partial charge in [-0.25, -0.2) is 0 Å². The number of ether oxygens (including phenoxy) is 1. The second-order valence-electron chi connectivity index (χ2n) is 6.54. The van der Waals surface area contributed by atoms with E-state index >= 15 is 0 Å². The molecule has 0 aliphatic carbocycles. The van der Waals surface area contributed by atoms with E-state index in [4.69, 9.17) is 10.00 Å². The van der Waals surface area contributed by atoms with Crippen LogP contribution in [-0.2, 0) is 11.2 Å². The first-order valence-electron chi connectivity index (χ1n) is 9.05. The molecule has 27 heavy (non-hydrogen) atoms. The molecule has 1 N–H and O–H groups in total. The minimum Gasteiger partial charge on any atom is -0.497 e. The van der Waals surface area contributed by atoms with Gasteiger partial charge in [-0.3, -0.25) is 9.69 Å². The molecule has 1 heterocycles. The Kier molecular flexibility index (Phi) is 6.29. The predicted molar refractivity (Wildman–Crippen MR) is 106 cm³/mol. The molecule has 0 aromatic heterocycles. The van der Waals surface area contributed by atoms with Crippen molar-refractivity contribution in [3.8, 4) is 11.8 Å². The number of benzene rings is 2. The van der Waals surface area contributed by atoms with Crippen molar-refractivity contribution in [3.63, 3.8) is 0 Å². The summed E-state index contributed by atoms with van der Waals surface area (Å²) in [5, 5.41) is 11.6. The number of amides is 1. The Hall–Kier alpha value is -3.04. The molecule has 0 atom stereocenters. The number of rotatable bonds is 6. The Bertz CT molecular complexity index is 806. The van der Waals surface area contributed by atoms with E-state index in [0.29, 0.717) is 13.0 Å². The van der Waals surface area contributed by atoms with E-state index in [1.807, 2.05) is 42.5 Å². The lowest BCUT2D eigenvalue weighted by Crippen LogP contribution is -2.48. The number of carbonyl (C=O) groups excluding carboxylic acids is 1. The molecule has 1 fully saturated rings. The average Bonchev–Trinajstić information content (AvgIpc) is 2.70. The van der Waals surface area contributed by atoms with Gasteiger partial charge in [-0.05, 0) is 29.8 Å². The van der Waals surface area contributed by atoms with E-state index in [0.717, 1.165) is 48.9 Å². The zero-order valence-corrected chi connectivity index (χ0v) is 15.5. The molecule has 0 radical (unpaired) electrons. The molecular formula is C21H24N4O2. The van der Waals surface area contributed by atoms with Gasteiger partial charge >= 0.3 is 0 Å². The predicted octanol–water partition coefficient (Wildman–Crippen LogP) is 2.52. The van der Waals surface area contributed by atoms with Gasteiger partial charge in [-0.2, -0.15) is 5.26 Å². The van der Waals surface area contributed by atoms with E-state index < -0.39 is 0 Å². The van der Waals surface area contributed by atoms with Gasteiger partial charge in [-0.15, -0.1) is 0 Å². The maximum Gasteiger partial charge on any atom is 0.238 e. The summed E-state index contributed by atoms with van der Waals surface area (Å²) in [6.45, 7) is 3.82. The minimum absolute atomic E-state index is 0.0159. The Balaban J connectivity index is 1.47. The lowest BCUT2D eigenvalue weighted by atomic mass is 10.1. The number of methoxy groups -OCH3 is 1. The van der Waals surface area contributed by atoms with Gasteiger partial charge in [-0.1, -0.05) is 18.2 Å². The third-order valence-electron chi connectivity index (χ3n) is 4.68. The van der Waals surface area contributed by atoms with Crippen LogP contribution in [0.1, 0.15) is 5.56 Å². The summed E-state index contributed by atoms with van der Waals surface area (Å²) in [7, 11) is 1.67. The van der Waals surface area contributed by atoms with Crippen molar-refractivity contribution >= 4 is 17.3 Å². The van der Waals surface area contributed by atoms with Gasteiger partial charge in [0.2, 0.25) is 5.91 Å². The summed E-state index contributed by atoms with van der Waals surface area (Å²) in [6, 6.07) is 17.6. The number of hydrogen-bond donors (Lipinski definition) is 1. The van der Waals surface area contributed by atoms with Crippen molar-refractivity contribution in [1.82, 2.24) is 4.90 Å². The summed E-state index contributed by atoms with van der Waals surface area (Å²) in [6.07, 6.45) is 0.381. The highest BCUT2D eigenvalue weighted by Crippen LogP contribution is 2.22.